The Bertz CT molecular complexity index is 777. The van der Waals surface area contributed by atoms with Gasteiger partial charge in [-0.05, 0) is 42.3 Å². The van der Waals surface area contributed by atoms with E-state index in [4.69, 9.17) is 0 Å². The van der Waals surface area contributed by atoms with Gasteiger partial charge in [0.15, 0.2) is 0 Å². The fourth-order valence-corrected chi connectivity index (χ4v) is 2.97. The van der Waals surface area contributed by atoms with Crippen LogP contribution in [0.25, 0.3) is 0 Å². The van der Waals surface area contributed by atoms with Crippen molar-refractivity contribution in [3.8, 4) is 0 Å². The van der Waals surface area contributed by atoms with Crippen LogP contribution >= 0.6 is 15.9 Å². The quantitative estimate of drug-likeness (QED) is 0.858. The molecule has 124 valence electrons. The van der Waals surface area contributed by atoms with E-state index >= 15 is 0 Å². The summed E-state index contributed by atoms with van der Waals surface area (Å²) in [5.41, 5.74) is 1.54. The fourth-order valence-electron chi connectivity index (χ4n) is 2.64. The van der Waals surface area contributed by atoms with Crippen molar-refractivity contribution >= 4 is 33.4 Å². The molecule has 4 nitrogen and oxygen atoms in total. The molecular weight excluding hydrogens is 375 g/mol. The van der Waals surface area contributed by atoms with Gasteiger partial charge in [-0.3, -0.25) is 9.59 Å². The van der Waals surface area contributed by atoms with E-state index in [0.29, 0.717) is 23.0 Å². The van der Waals surface area contributed by atoms with Crippen LogP contribution in [-0.4, -0.2) is 23.3 Å². The van der Waals surface area contributed by atoms with Gasteiger partial charge in [0.25, 0.3) is 5.91 Å². The molecule has 0 saturated carbocycles. The van der Waals surface area contributed by atoms with Crippen LogP contribution in [0.5, 0.6) is 0 Å². The Morgan fingerprint density at radius 2 is 1.96 bits per heavy atom. The maximum atomic E-state index is 13.8. The van der Waals surface area contributed by atoms with Crippen LogP contribution < -0.4 is 5.32 Å². The second-order valence-corrected chi connectivity index (χ2v) is 6.61. The molecule has 0 aliphatic carbocycles. The van der Waals surface area contributed by atoms with Crippen molar-refractivity contribution in [2.24, 2.45) is 0 Å². The first-order valence-corrected chi connectivity index (χ1v) is 8.45. The van der Waals surface area contributed by atoms with Crippen LogP contribution in [0.15, 0.2) is 46.9 Å². The third kappa shape index (κ3) is 3.82. The molecule has 2 aromatic carbocycles. The first kappa shape index (κ1) is 16.6. The largest absolute Gasteiger partial charge is 0.338 e. The summed E-state index contributed by atoms with van der Waals surface area (Å²) in [5.74, 6) is -0.704. The lowest BCUT2D eigenvalue weighted by Gasteiger charge is -2.15. The number of likely N-dealkylation sites (tertiary alicyclic amines) is 1. The summed E-state index contributed by atoms with van der Waals surface area (Å²) in [4.78, 5) is 25.7. The number of rotatable bonds is 4. The standard InChI is InChI=1S/C18H16BrFN2O2/c19-14-7-8-16(15(20)10-14)21-18(24)13-5-3-12(4-6-13)11-22-9-1-2-17(22)23/h3-8,10H,1-2,9,11H2,(H,21,24). The predicted octanol–water partition coefficient (Wildman–Crippen LogP) is 3.96. The molecule has 2 amide bonds. The second kappa shape index (κ2) is 7.13. The minimum atomic E-state index is -0.498. The lowest BCUT2D eigenvalue weighted by Crippen LogP contribution is -2.23. The van der Waals surface area contributed by atoms with Crippen LogP contribution in [-0.2, 0) is 11.3 Å². The summed E-state index contributed by atoms with van der Waals surface area (Å²) >= 11 is 3.17. The molecule has 6 heteroatoms. The van der Waals surface area contributed by atoms with Crippen molar-refractivity contribution in [3.63, 3.8) is 0 Å². The van der Waals surface area contributed by atoms with E-state index in [0.717, 1.165) is 18.5 Å². The smallest absolute Gasteiger partial charge is 0.255 e. The highest BCUT2D eigenvalue weighted by Crippen LogP contribution is 2.20. The lowest BCUT2D eigenvalue weighted by molar-refractivity contribution is -0.128. The highest BCUT2D eigenvalue weighted by Gasteiger charge is 2.20. The van der Waals surface area contributed by atoms with Crippen molar-refractivity contribution in [3.05, 3.63) is 63.9 Å². The molecule has 0 aromatic heterocycles. The van der Waals surface area contributed by atoms with E-state index in [9.17, 15) is 14.0 Å². The Labute approximate surface area is 147 Å². The molecule has 1 N–H and O–H groups in total. The van der Waals surface area contributed by atoms with Crippen molar-refractivity contribution in [1.82, 2.24) is 4.90 Å². The van der Waals surface area contributed by atoms with Gasteiger partial charge in [0.2, 0.25) is 5.91 Å². The van der Waals surface area contributed by atoms with E-state index < -0.39 is 5.82 Å². The molecule has 1 saturated heterocycles. The van der Waals surface area contributed by atoms with Crippen molar-refractivity contribution in [1.29, 1.82) is 0 Å². The van der Waals surface area contributed by atoms with Crippen LogP contribution in [0.1, 0.15) is 28.8 Å². The Balaban J connectivity index is 1.66. The van der Waals surface area contributed by atoms with Crippen LogP contribution in [0.2, 0.25) is 0 Å². The SMILES string of the molecule is O=C(Nc1ccc(Br)cc1F)c1ccc(CN2CCCC2=O)cc1. The molecule has 3 rings (SSSR count). The Morgan fingerprint density at radius 3 is 2.58 bits per heavy atom. The molecule has 0 unspecified atom stereocenters. The number of benzene rings is 2. The van der Waals surface area contributed by atoms with Crippen LogP contribution in [0.3, 0.4) is 0 Å². The summed E-state index contributed by atoms with van der Waals surface area (Å²) < 4.78 is 14.4. The topological polar surface area (TPSA) is 49.4 Å². The van der Waals surface area contributed by atoms with E-state index in [1.807, 2.05) is 17.0 Å². The number of nitrogens with zero attached hydrogens (tertiary/aromatic N) is 1. The number of hydrogen-bond acceptors (Lipinski definition) is 2. The number of halogens is 2. The molecular formula is C18H16BrFN2O2. The fraction of sp³-hybridized carbons (Fsp3) is 0.222. The maximum Gasteiger partial charge on any atom is 0.255 e. The van der Waals surface area contributed by atoms with E-state index in [-0.39, 0.29) is 17.5 Å². The zero-order valence-electron chi connectivity index (χ0n) is 12.9. The first-order chi connectivity index (χ1) is 11.5. The van der Waals surface area contributed by atoms with Crippen molar-refractivity contribution in [2.45, 2.75) is 19.4 Å². The summed E-state index contributed by atoms with van der Waals surface area (Å²) in [6.45, 7) is 1.34. The van der Waals surface area contributed by atoms with Crippen molar-refractivity contribution in [2.75, 3.05) is 11.9 Å². The highest BCUT2D eigenvalue weighted by atomic mass is 79.9. The van der Waals surface area contributed by atoms with E-state index in [1.54, 1.807) is 18.2 Å². The molecule has 1 heterocycles. The maximum absolute atomic E-state index is 13.8. The number of nitrogens with one attached hydrogen (secondary N) is 1. The molecule has 0 spiro atoms. The average molecular weight is 391 g/mol. The molecule has 0 radical (unpaired) electrons. The van der Waals surface area contributed by atoms with E-state index in [1.165, 1.54) is 12.1 Å². The minimum absolute atomic E-state index is 0.134. The van der Waals surface area contributed by atoms with E-state index in [2.05, 4.69) is 21.2 Å². The van der Waals surface area contributed by atoms with Gasteiger partial charge in [0, 0.05) is 29.5 Å². The van der Waals surface area contributed by atoms with Crippen LogP contribution in [0, 0.1) is 5.82 Å². The lowest BCUT2D eigenvalue weighted by atomic mass is 10.1. The third-order valence-electron chi connectivity index (χ3n) is 3.94. The van der Waals surface area contributed by atoms with Crippen LogP contribution in [0.4, 0.5) is 10.1 Å². The van der Waals surface area contributed by atoms with Gasteiger partial charge in [0.05, 0.1) is 5.69 Å². The number of carbonyl (C=O) groups is 2. The molecule has 24 heavy (non-hydrogen) atoms. The summed E-state index contributed by atoms with van der Waals surface area (Å²) in [7, 11) is 0. The molecule has 0 atom stereocenters. The third-order valence-corrected chi connectivity index (χ3v) is 4.43. The predicted molar refractivity (Wildman–Crippen MR) is 93.1 cm³/mol. The number of carbonyl (C=O) groups excluding carboxylic acids is 2. The normalized spacial score (nSPS) is 14.1. The molecule has 0 bridgehead atoms. The zero-order valence-corrected chi connectivity index (χ0v) is 14.5. The van der Waals surface area contributed by atoms with Crippen molar-refractivity contribution < 1.29 is 14.0 Å². The summed E-state index contributed by atoms with van der Waals surface area (Å²) in [6, 6.07) is 11.5. The van der Waals surface area contributed by atoms with Gasteiger partial charge < -0.3 is 10.2 Å². The van der Waals surface area contributed by atoms with Gasteiger partial charge in [-0.25, -0.2) is 4.39 Å². The minimum Gasteiger partial charge on any atom is -0.338 e. The van der Waals surface area contributed by atoms with Gasteiger partial charge in [-0.15, -0.1) is 0 Å². The van der Waals surface area contributed by atoms with Gasteiger partial charge >= 0.3 is 0 Å². The molecule has 1 aliphatic rings. The second-order valence-electron chi connectivity index (χ2n) is 5.69. The summed E-state index contributed by atoms with van der Waals surface area (Å²) in [5, 5.41) is 2.55. The average Bonchev–Trinajstić information content (AvgIpc) is 2.96. The Morgan fingerprint density at radius 1 is 1.21 bits per heavy atom. The highest BCUT2D eigenvalue weighted by molar-refractivity contribution is 9.10. The molecule has 1 aliphatic heterocycles. The Kier molecular flexibility index (Phi) is 4.94. The molecule has 1 fully saturated rings. The number of hydrogen-bond donors (Lipinski definition) is 1. The number of amides is 2. The monoisotopic (exact) mass is 390 g/mol. The first-order valence-electron chi connectivity index (χ1n) is 7.66. The zero-order chi connectivity index (χ0) is 17.1. The van der Waals surface area contributed by atoms with Gasteiger partial charge in [0.1, 0.15) is 5.82 Å². The Hall–Kier alpha value is -2.21. The summed E-state index contributed by atoms with van der Waals surface area (Å²) in [6.07, 6.45) is 1.51. The van der Waals surface area contributed by atoms with Gasteiger partial charge in [-0.1, -0.05) is 28.1 Å². The number of anilines is 1. The van der Waals surface area contributed by atoms with Gasteiger partial charge in [-0.2, -0.15) is 0 Å². The molecule has 2 aromatic rings.